The fraction of sp³-hybridized carbons (Fsp3) is 0.571. The third kappa shape index (κ3) is 2.81. The predicted octanol–water partition coefficient (Wildman–Crippen LogP) is 3.89. The Morgan fingerprint density at radius 3 is 2.56 bits per heavy atom. The molecule has 4 heteroatoms. The monoisotopic (exact) mass is 248 g/mol. The largest absolute Gasteiger partial charge is 0.377 e. The number of nitrogens with zero attached hydrogens (tertiary/aromatic N) is 1. The number of hydrogen-bond donors (Lipinski definition) is 1. The highest BCUT2D eigenvalue weighted by molar-refractivity contribution is 5.66. The summed E-state index contributed by atoms with van der Waals surface area (Å²) in [7, 11) is 0. The maximum Gasteiger partial charge on any atom is 0.292 e. The van der Waals surface area contributed by atoms with Crippen LogP contribution >= 0.6 is 0 Å². The van der Waals surface area contributed by atoms with Crippen molar-refractivity contribution in [1.29, 1.82) is 0 Å². The van der Waals surface area contributed by atoms with Crippen molar-refractivity contribution in [3.8, 4) is 0 Å². The summed E-state index contributed by atoms with van der Waals surface area (Å²) in [5.41, 5.74) is 1.83. The number of benzene rings is 1. The molecule has 18 heavy (non-hydrogen) atoms. The van der Waals surface area contributed by atoms with E-state index in [9.17, 15) is 10.1 Å². The Labute approximate surface area is 108 Å². The lowest BCUT2D eigenvalue weighted by molar-refractivity contribution is -0.384. The molecule has 4 nitrogen and oxygen atoms in total. The van der Waals surface area contributed by atoms with Crippen LogP contribution in [0.4, 0.5) is 11.4 Å². The van der Waals surface area contributed by atoms with E-state index in [1.165, 1.54) is 12.8 Å². The second-order valence-corrected chi connectivity index (χ2v) is 5.33. The molecule has 1 N–H and O–H groups in total. The molecule has 0 aliphatic heterocycles. The second kappa shape index (κ2) is 5.38. The zero-order valence-corrected chi connectivity index (χ0v) is 11.0. The van der Waals surface area contributed by atoms with Gasteiger partial charge in [-0.05, 0) is 44.1 Å². The summed E-state index contributed by atoms with van der Waals surface area (Å²) in [4.78, 5) is 10.7. The molecule has 2 rings (SSSR count). The standard InChI is InChI=1S/C14H20N2O2/c1-10-6-8-12(9-7-10)15-14-11(2)4-3-5-13(14)16(17)18/h3-5,10,12,15H,6-9H2,1-2H3. The van der Waals surface area contributed by atoms with Gasteiger partial charge in [0.15, 0.2) is 0 Å². The van der Waals surface area contributed by atoms with Crippen LogP contribution in [0.3, 0.4) is 0 Å². The van der Waals surface area contributed by atoms with Crippen molar-refractivity contribution >= 4 is 11.4 Å². The molecule has 0 amide bonds. The molecule has 0 atom stereocenters. The topological polar surface area (TPSA) is 55.2 Å². The molecule has 0 radical (unpaired) electrons. The van der Waals surface area contributed by atoms with Gasteiger partial charge >= 0.3 is 0 Å². The second-order valence-electron chi connectivity index (χ2n) is 5.33. The summed E-state index contributed by atoms with van der Waals surface area (Å²) in [6.45, 7) is 4.19. The Morgan fingerprint density at radius 2 is 1.94 bits per heavy atom. The number of nitro benzene ring substituents is 1. The Hall–Kier alpha value is -1.58. The number of nitrogens with one attached hydrogen (secondary N) is 1. The predicted molar refractivity (Wildman–Crippen MR) is 72.9 cm³/mol. The third-order valence-electron chi connectivity index (χ3n) is 3.81. The SMILES string of the molecule is Cc1cccc([N+](=O)[O-])c1NC1CCC(C)CC1. The summed E-state index contributed by atoms with van der Waals surface area (Å²) >= 11 is 0. The minimum Gasteiger partial charge on any atom is -0.377 e. The van der Waals surface area contributed by atoms with Crippen LogP contribution in [0.1, 0.15) is 38.2 Å². The number of rotatable bonds is 3. The molecule has 98 valence electrons. The summed E-state index contributed by atoms with van der Waals surface area (Å²) in [5, 5.41) is 14.4. The molecular formula is C14H20N2O2. The van der Waals surface area contributed by atoms with Gasteiger partial charge in [0.1, 0.15) is 5.69 Å². The smallest absolute Gasteiger partial charge is 0.292 e. The number of nitro groups is 1. The first-order chi connectivity index (χ1) is 8.58. The molecule has 0 aromatic heterocycles. The van der Waals surface area contributed by atoms with E-state index in [-0.39, 0.29) is 10.6 Å². The number of aryl methyl sites for hydroxylation is 1. The van der Waals surface area contributed by atoms with Gasteiger partial charge in [-0.3, -0.25) is 10.1 Å². The maximum atomic E-state index is 11.0. The van der Waals surface area contributed by atoms with Crippen LogP contribution in [-0.4, -0.2) is 11.0 Å². The highest BCUT2D eigenvalue weighted by Gasteiger charge is 2.22. The number of para-hydroxylation sites is 1. The summed E-state index contributed by atoms with van der Waals surface area (Å²) in [5.74, 6) is 0.787. The van der Waals surface area contributed by atoms with E-state index < -0.39 is 0 Å². The van der Waals surface area contributed by atoms with Crippen LogP contribution in [0.2, 0.25) is 0 Å². The summed E-state index contributed by atoms with van der Waals surface area (Å²) in [6, 6.07) is 5.60. The molecule has 1 aromatic carbocycles. The molecule has 1 fully saturated rings. The lowest BCUT2D eigenvalue weighted by Gasteiger charge is -2.28. The van der Waals surface area contributed by atoms with Gasteiger partial charge in [-0.2, -0.15) is 0 Å². The minimum absolute atomic E-state index is 0.189. The first kappa shape index (κ1) is 12.9. The van der Waals surface area contributed by atoms with Crippen molar-refractivity contribution < 1.29 is 4.92 Å². The van der Waals surface area contributed by atoms with Crippen molar-refractivity contribution in [2.24, 2.45) is 5.92 Å². The zero-order valence-electron chi connectivity index (χ0n) is 11.0. The minimum atomic E-state index is -0.305. The van der Waals surface area contributed by atoms with Crippen LogP contribution in [0.5, 0.6) is 0 Å². The third-order valence-corrected chi connectivity index (χ3v) is 3.81. The summed E-state index contributed by atoms with van der Waals surface area (Å²) in [6.07, 6.45) is 4.62. The van der Waals surface area contributed by atoms with Crippen LogP contribution in [-0.2, 0) is 0 Å². The average Bonchev–Trinajstić information content (AvgIpc) is 2.34. The van der Waals surface area contributed by atoms with Crippen molar-refractivity contribution in [3.05, 3.63) is 33.9 Å². The molecule has 1 aromatic rings. The molecule has 0 unspecified atom stereocenters. The zero-order chi connectivity index (χ0) is 13.1. The van der Waals surface area contributed by atoms with Crippen molar-refractivity contribution in [3.63, 3.8) is 0 Å². The molecule has 1 aliphatic rings. The Bertz CT molecular complexity index is 437. The highest BCUT2D eigenvalue weighted by Crippen LogP contribution is 2.32. The van der Waals surface area contributed by atoms with Crippen molar-refractivity contribution in [2.75, 3.05) is 5.32 Å². The van der Waals surface area contributed by atoms with Gasteiger partial charge in [0.25, 0.3) is 5.69 Å². The van der Waals surface area contributed by atoms with Gasteiger partial charge in [-0.15, -0.1) is 0 Å². The quantitative estimate of drug-likeness (QED) is 0.652. The average molecular weight is 248 g/mol. The van der Waals surface area contributed by atoms with E-state index in [4.69, 9.17) is 0 Å². The lowest BCUT2D eigenvalue weighted by Crippen LogP contribution is -2.25. The number of hydrogen-bond acceptors (Lipinski definition) is 3. The molecule has 0 spiro atoms. The van der Waals surface area contributed by atoms with Crippen LogP contribution in [0, 0.1) is 23.0 Å². The fourth-order valence-corrected chi connectivity index (χ4v) is 2.60. The summed E-state index contributed by atoms with van der Waals surface area (Å²) < 4.78 is 0. The molecular weight excluding hydrogens is 228 g/mol. The molecule has 1 saturated carbocycles. The van der Waals surface area contributed by atoms with Crippen LogP contribution in [0.25, 0.3) is 0 Å². The molecule has 0 bridgehead atoms. The highest BCUT2D eigenvalue weighted by atomic mass is 16.6. The Balaban J connectivity index is 2.15. The van der Waals surface area contributed by atoms with Crippen LogP contribution in [0.15, 0.2) is 18.2 Å². The van der Waals surface area contributed by atoms with Gasteiger partial charge in [0.05, 0.1) is 4.92 Å². The van der Waals surface area contributed by atoms with E-state index in [1.807, 2.05) is 13.0 Å². The van der Waals surface area contributed by atoms with Gasteiger partial charge in [-0.25, -0.2) is 0 Å². The Morgan fingerprint density at radius 1 is 1.28 bits per heavy atom. The molecule has 1 aliphatic carbocycles. The fourth-order valence-electron chi connectivity index (χ4n) is 2.60. The van der Waals surface area contributed by atoms with E-state index in [0.29, 0.717) is 11.7 Å². The molecule has 0 heterocycles. The van der Waals surface area contributed by atoms with Gasteiger partial charge in [-0.1, -0.05) is 19.1 Å². The molecule has 0 saturated heterocycles. The van der Waals surface area contributed by atoms with Crippen LogP contribution < -0.4 is 5.32 Å². The lowest BCUT2D eigenvalue weighted by atomic mass is 9.87. The maximum absolute atomic E-state index is 11.0. The van der Waals surface area contributed by atoms with Crippen molar-refractivity contribution in [1.82, 2.24) is 0 Å². The van der Waals surface area contributed by atoms with Gasteiger partial charge < -0.3 is 5.32 Å². The Kier molecular flexibility index (Phi) is 3.84. The van der Waals surface area contributed by atoms with Gasteiger partial charge in [0, 0.05) is 12.1 Å². The van der Waals surface area contributed by atoms with E-state index >= 15 is 0 Å². The van der Waals surface area contributed by atoms with E-state index in [0.717, 1.165) is 24.3 Å². The van der Waals surface area contributed by atoms with Crippen molar-refractivity contribution in [2.45, 2.75) is 45.6 Å². The van der Waals surface area contributed by atoms with E-state index in [1.54, 1.807) is 12.1 Å². The normalized spacial score (nSPS) is 23.7. The number of anilines is 1. The first-order valence-electron chi connectivity index (χ1n) is 6.58. The van der Waals surface area contributed by atoms with Gasteiger partial charge in [0.2, 0.25) is 0 Å². The van der Waals surface area contributed by atoms with E-state index in [2.05, 4.69) is 12.2 Å². The first-order valence-corrected chi connectivity index (χ1v) is 6.58.